The van der Waals surface area contributed by atoms with Crippen LogP contribution in [0.3, 0.4) is 0 Å². The van der Waals surface area contributed by atoms with E-state index >= 15 is 0 Å². The minimum absolute atomic E-state index is 0.0242. The molecule has 0 spiro atoms. The van der Waals surface area contributed by atoms with Gasteiger partial charge in [0.05, 0.1) is 12.1 Å². The van der Waals surface area contributed by atoms with E-state index < -0.39 is 29.5 Å². The monoisotopic (exact) mass is 552 g/mol. The summed E-state index contributed by atoms with van der Waals surface area (Å²) in [6, 6.07) is 12.3. The molecule has 1 fully saturated rings. The molecular weight excluding hydrogens is 504 g/mol. The van der Waals surface area contributed by atoms with Gasteiger partial charge in [-0.05, 0) is 48.2 Å². The molecule has 3 rings (SSSR count). The molecule has 40 heavy (non-hydrogen) atoms. The molecular formula is C32H48N4O4. The van der Waals surface area contributed by atoms with E-state index in [2.05, 4.69) is 29.8 Å². The normalized spacial score (nSPS) is 17.1. The third-order valence-electron chi connectivity index (χ3n) is 7.79. The molecule has 1 unspecified atom stereocenters. The van der Waals surface area contributed by atoms with Gasteiger partial charge in [-0.25, -0.2) is 0 Å². The van der Waals surface area contributed by atoms with Crippen LogP contribution in [0.1, 0.15) is 65.9 Å². The maximum atomic E-state index is 13.8. The molecule has 220 valence electrons. The summed E-state index contributed by atoms with van der Waals surface area (Å²) < 4.78 is 0. The number of hydrogen-bond acceptors (Lipinski definition) is 6. The van der Waals surface area contributed by atoms with Gasteiger partial charge in [0, 0.05) is 24.9 Å². The average molecular weight is 553 g/mol. The van der Waals surface area contributed by atoms with E-state index in [1.807, 2.05) is 42.5 Å². The maximum Gasteiger partial charge on any atom is 0.247 e. The van der Waals surface area contributed by atoms with E-state index in [1.54, 1.807) is 20.8 Å². The summed E-state index contributed by atoms with van der Waals surface area (Å²) in [4.78, 5) is 42.5. The van der Waals surface area contributed by atoms with Gasteiger partial charge >= 0.3 is 0 Å². The van der Waals surface area contributed by atoms with Gasteiger partial charge in [0.25, 0.3) is 0 Å². The lowest BCUT2D eigenvalue weighted by Gasteiger charge is -2.35. The Kier molecular flexibility index (Phi) is 11.7. The molecule has 3 atom stereocenters. The van der Waals surface area contributed by atoms with Crippen LogP contribution in [0.15, 0.2) is 42.5 Å². The Morgan fingerprint density at radius 3 is 2.35 bits per heavy atom. The SMILES string of the molecule is CCC(CC)CNCC(O)CNC(=O)[C@@H](Cc1ccc2ccccc2c1)N(C(=O)[C@@H]1CCCN1)C(=O)C(C)(C)C. The fourth-order valence-electron chi connectivity index (χ4n) is 5.15. The Morgan fingerprint density at radius 2 is 1.73 bits per heavy atom. The second kappa shape index (κ2) is 14.7. The van der Waals surface area contributed by atoms with Crippen molar-refractivity contribution in [2.45, 2.75) is 84.9 Å². The fraction of sp³-hybridized carbons (Fsp3) is 0.594. The standard InChI is InChI=1S/C32H48N4O4/c1-6-22(7-2)19-33-20-26(37)21-35-29(38)28(18-23-14-15-24-11-8-9-12-25(24)17-23)36(31(40)32(3,4)5)30(39)27-13-10-16-34-27/h8-9,11-12,14-15,17,22,26-28,33-34,37H,6-7,10,13,16,18-21H2,1-5H3,(H,35,38)/t26?,27-,28+/m0/s1. The van der Waals surface area contributed by atoms with E-state index in [0.717, 1.165) is 42.1 Å². The molecule has 1 aliphatic rings. The van der Waals surface area contributed by atoms with Gasteiger partial charge in [0.2, 0.25) is 17.7 Å². The molecule has 0 radical (unpaired) electrons. The number of amides is 3. The Morgan fingerprint density at radius 1 is 1.02 bits per heavy atom. The highest BCUT2D eigenvalue weighted by Crippen LogP contribution is 2.25. The molecule has 1 aliphatic heterocycles. The number of benzene rings is 2. The second-order valence-electron chi connectivity index (χ2n) is 12.1. The number of imide groups is 1. The summed E-state index contributed by atoms with van der Waals surface area (Å²) in [7, 11) is 0. The van der Waals surface area contributed by atoms with Crippen molar-refractivity contribution in [2.75, 3.05) is 26.2 Å². The molecule has 3 amide bonds. The van der Waals surface area contributed by atoms with Gasteiger partial charge in [-0.3, -0.25) is 19.3 Å². The molecule has 1 saturated heterocycles. The van der Waals surface area contributed by atoms with Gasteiger partial charge in [-0.1, -0.05) is 89.9 Å². The first kappa shape index (κ1) is 31.7. The summed E-state index contributed by atoms with van der Waals surface area (Å²) in [5.74, 6) is -0.665. The largest absolute Gasteiger partial charge is 0.390 e. The molecule has 2 aromatic carbocycles. The van der Waals surface area contributed by atoms with Crippen LogP contribution < -0.4 is 16.0 Å². The predicted molar refractivity (Wildman–Crippen MR) is 160 cm³/mol. The Balaban J connectivity index is 1.85. The van der Waals surface area contributed by atoms with E-state index in [9.17, 15) is 19.5 Å². The lowest BCUT2D eigenvalue weighted by atomic mass is 9.91. The topological polar surface area (TPSA) is 111 Å². The predicted octanol–water partition coefficient (Wildman–Crippen LogP) is 3.41. The minimum Gasteiger partial charge on any atom is -0.390 e. The summed E-state index contributed by atoms with van der Waals surface area (Å²) >= 11 is 0. The number of rotatable bonds is 13. The van der Waals surface area contributed by atoms with Crippen molar-refractivity contribution in [3.8, 4) is 0 Å². The fourth-order valence-corrected chi connectivity index (χ4v) is 5.15. The van der Waals surface area contributed by atoms with Gasteiger partial charge in [0.15, 0.2) is 0 Å². The average Bonchev–Trinajstić information content (AvgIpc) is 3.48. The quantitative estimate of drug-likeness (QED) is 0.303. The summed E-state index contributed by atoms with van der Waals surface area (Å²) in [5, 5.41) is 22.0. The van der Waals surface area contributed by atoms with Gasteiger partial charge in [-0.15, -0.1) is 0 Å². The maximum absolute atomic E-state index is 13.8. The van der Waals surface area contributed by atoms with Crippen LogP contribution in [0.5, 0.6) is 0 Å². The molecule has 8 nitrogen and oxygen atoms in total. The van der Waals surface area contributed by atoms with Crippen molar-refractivity contribution in [1.29, 1.82) is 0 Å². The van der Waals surface area contributed by atoms with Crippen molar-refractivity contribution in [3.63, 3.8) is 0 Å². The first-order chi connectivity index (χ1) is 19.0. The number of hydrogen-bond donors (Lipinski definition) is 4. The van der Waals surface area contributed by atoms with Crippen LogP contribution >= 0.6 is 0 Å². The van der Waals surface area contributed by atoms with Crippen LogP contribution in [0, 0.1) is 11.3 Å². The van der Waals surface area contributed by atoms with Crippen LogP contribution in [0.25, 0.3) is 10.8 Å². The van der Waals surface area contributed by atoms with Gasteiger partial charge in [0.1, 0.15) is 6.04 Å². The molecule has 4 N–H and O–H groups in total. The lowest BCUT2D eigenvalue weighted by molar-refractivity contribution is -0.157. The highest BCUT2D eigenvalue weighted by atomic mass is 16.3. The molecule has 0 saturated carbocycles. The minimum atomic E-state index is -1.05. The number of nitrogens with zero attached hydrogens (tertiary/aromatic N) is 1. The van der Waals surface area contributed by atoms with Crippen molar-refractivity contribution < 1.29 is 19.5 Å². The summed E-state index contributed by atoms with van der Waals surface area (Å²) in [6.07, 6.45) is 2.98. The van der Waals surface area contributed by atoms with Crippen LogP contribution in [-0.4, -0.2) is 72.1 Å². The smallest absolute Gasteiger partial charge is 0.247 e. The van der Waals surface area contributed by atoms with Crippen molar-refractivity contribution in [1.82, 2.24) is 20.9 Å². The second-order valence-corrected chi connectivity index (χ2v) is 12.1. The third-order valence-corrected chi connectivity index (χ3v) is 7.79. The zero-order chi connectivity index (χ0) is 29.3. The van der Waals surface area contributed by atoms with E-state index in [0.29, 0.717) is 25.4 Å². The molecule has 8 heteroatoms. The first-order valence-electron chi connectivity index (χ1n) is 14.8. The first-order valence-corrected chi connectivity index (χ1v) is 14.8. The number of aliphatic hydroxyl groups excluding tert-OH is 1. The van der Waals surface area contributed by atoms with Crippen molar-refractivity contribution in [3.05, 3.63) is 48.0 Å². The Bertz CT molecular complexity index is 1140. The van der Waals surface area contributed by atoms with Gasteiger partial charge in [-0.2, -0.15) is 0 Å². The van der Waals surface area contributed by atoms with E-state index in [-0.39, 0.29) is 24.8 Å². The molecule has 0 aliphatic carbocycles. The number of fused-ring (bicyclic) bond motifs is 1. The third kappa shape index (κ3) is 8.59. The number of nitrogens with one attached hydrogen (secondary N) is 3. The highest BCUT2D eigenvalue weighted by Gasteiger charge is 2.42. The summed E-state index contributed by atoms with van der Waals surface area (Å²) in [6.45, 7) is 11.5. The molecule has 1 heterocycles. The van der Waals surface area contributed by atoms with Crippen molar-refractivity contribution in [2.24, 2.45) is 11.3 Å². The Hall–Kier alpha value is -2.81. The molecule has 2 aromatic rings. The number of carbonyl (C=O) groups is 3. The zero-order valence-corrected chi connectivity index (χ0v) is 24.8. The zero-order valence-electron chi connectivity index (χ0n) is 24.8. The molecule has 0 bridgehead atoms. The Labute approximate surface area is 239 Å². The highest BCUT2D eigenvalue weighted by molar-refractivity contribution is 6.04. The van der Waals surface area contributed by atoms with Gasteiger partial charge < -0.3 is 21.1 Å². The van der Waals surface area contributed by atoms with Crippen molar-refractivity contribution >= 4 is 28.5 Å². The van der Waals surface area contributed by atoms with Crippen LogP contribution in [-0.2, 0) is 20.8 Å². The number of aliphatic hydroxyl groups is 1. The van der Waals surface area contributed by atoms with E-state index in [1.165, 1.54) is 4.90 Å². The van der Waals surface area contributed by atoms with Crippen LogP contribution in [0.2, 0.25) is 0 Å². The lowest BCUT2D eigenvalue weighted by Crippen LogP contribution is -2.60. The molecule has 0 aromatic heterocycles. The summed E-state index contributed by atoms with van der Waals surface area (Å²) in [5.41, 5.74) is -0.0144. The number of carbonyl (C=O) groups excluding carboxylic acids is 3. The van der Waals surface area contributed by atoms with E-state index in [4.69, 9.17) is 0 Å². The van der Waals surface area contributed by atoms with Crippen LogP contribution in [0.4, 0.5) is 0 Å².